The summed E-state index contributed by atoms with van der Waals surface area (Å²) in [6.45, 7) is 2.12. The molecule has 0 fully saturated rings. The highest BCUT2D eigenvalue weighted by Gasteiger charge is 2.17. The van der Waals surface area contributed by atoms with Gasteiger partial charge in [-0.1, -0.05) is 40.5 Å². The highest BCUT2D eigenvalue weighted by atomic mass is 35.5. The number of hydrogen-bond donors (Lipinski definition) is 3. The number of carbonyl (C=O) groups is 2. The van der Waals surface area contributed by atoms with Gasteiger partial charge in [0.05, 0.1) is 28.9 Å². The van der Waals surface area contributed by atoms with Crippen molar-refractivity contribution >= 4 is 40.7 Å². The number of benzene rings is 2. The SMILES string of the molecule is Cc1c(C(=O)Nc2cccc(C(=O)NCCO)c2)nnn1Cc1ccc(Cl)c(Cl)c1. The molecule has 0 bridgehead atoms. The van der Waals surface area contributed by atoms with Crippen LogP contribution in [0, 0.1) is 6.92 Å². The highest BCUT2D eigenvalue weighted by Crippen LogP contribution is 2.23. The Bertz CT molecular complexity index is 1080. The minimum absolute atomic E-state index is 0.149. The number of aliphatic hydroxyl groups is 1. The number of halogens is 2. The molecule has 3 rings (SSSR count). The van der Waals surface area contributed by atoms with Gasteiger partial charge in [-0.3, -0.25) is 9.59 Å². The summed E-state index contributed by atoms with van der Waals surface area (Å²) in [7, 11) is 0. The fourth-order valence-electron chi connectivity index (χ4n) is 2.73. The lowest BCUT2D eigenvalue weighted by molar-refractivity contribution is 0.0943. The zero-order valence-corrected chi connectivity index (χ0v) is 17.5. The van der Waals surface area contributed by atoms with Crippen LogP contribution in [0.4, 0.5) is 5.69 Å². The maximum Gasteiger partial charge on any atom is 0.278 e. The molecule has 156 valence electrons. The summed E-state index contributed by atoms with van der Waals surface area (Å²) in [5.74, 6) is -0.787. The molecule has 0 saturated carbocycles. The molecule has 10 heteroatoms. The topological polar surface area (TPSA) is 109 Å². The Balaban J connectivity index is 1.72. The molecule has 1 heterocycles. The van der Waals surface area contributed by atoms with Gasteiger partial charge in [0.25, 0.3) is 11.8 Å². The minimum Gasteiger partial charge on any atom is -0.395 e. The first-order chi connectivity index (χ1) is 14.4. The maximum absolute atomic E-state index is 12.7. The number of rotatable bonds is 7. The van der Waals surface area contributed by atoms with Crippen molar-refractivity contribution in [2.75, 3.05) is 18.5 Å². The van der Waals surface area contributed by atoms with Gasteiger partial charge in [-0.2, -0.15) is 0 Å². The molecule has 30 heavy (non-hydrogen) atoms. The summed E-state index contributed by atoms with van der Waals surface area (Å²) in [5.41, 5.74) is 2.42. The summed E-state index contributed by atoms with van der Waals surface area (Å²) in [6, 6.07) is 11.7. The van der Waals surface area contributed by atoms with Crippen LogP contribution in [-0.4, -0.2) is 45.1 Å². The Morgan fingerprint density at radius 3 is 2.63 bits per heavy atom. The lowest BCUT2D eigenvalue weighted by Gasteiger charge is -2.08. The van der Waals surface area contributed by atoms with Crippen molar-refractivity contribution in [1.82, 2.24) is 20.3 Å². The molecular weight excluding hydrogens is 429 g/mol. The number of aliphatic hydroxyl groups excluding tert-OH is 1. The van der Waals surface area contributed by atoms with E-state index in [2.05, 4.69) is 20.9 Å². The third kappa shape index (κ3) is 5.15. The standard InChI is InChI=1S/C20H19Cl2N5O3/c1-12-18(25-26-27(12)11-13-5-6-16(21)17(22)9-13)20(30)24-15-4-2-3-14(10-15)19(29)23-7-8-28/h2-6,9-10,28H,7-8,11H2,1H3,(H,23,29)(H,24,30). The average molecular weight is 448 g/mol. The van der Waals surface area contributed by atoms with Crippen LogP contribution in [0.1, 0.15) is 32.1 Å². The van der Waals surface area contributed by atoms with E-state index in [0.717, 1.165) is 5.56 Å². The molecule has 0 aliphatic heterocycles. The number of aromatic nitrogens is 3. The Hall–Kier alpha value is -2.94. The number of carbonyl (C=O) groups excluding carboxylic acids is 2. The van der Waals surface area contributed by atoms with Gasteiger partial charge in [0.2, 0.25) is 0 Å². The van der Waals surface area contributed by atoms with Gasteiger partial charge in [-0.05, 0) is 42.8 Å². The summed E-state index contributed by atoms with van der Waals surface area (Å²) in [5, 5.41) is 23.0. The van der Waals surface area contributed by atoms with E-state index < -0.39 is 5.91 Å². The normalized spacial score (nSPS) is 10.7. The monoisotopic (exact) mass is 447 g/mol. The van der Waals surface area contributed by atoms with Crippen LogP contribution < -0.4 is 10.6 Å². The van der Waals surface area contributed by atoms with E-state index in [-0.39, 0.29) is 24.8 Å². The zero-order valence-electron chi connectivity index (χ0n) is 16.0. The molecule has 0 radical (unpaired) electrons. The zero-order chi connectivity index (χ0) is 21.7. The van der Waals surface area contributed by atoms with Gasteiger partial charge in [-0.25, -0.2) is 4.68 Å². The Morgan fingerprint density at radius 1 is 1.10 bits per heavy atom. The molecule has 3 N–H and O–H groups in total. The fourth-order valence-corrected chi connectivity index (χ4v) is 3.05. The van der Waals surface area contributed by atoms with Gasteiger partial charge in [0, 0.05) is 17.8 Å². The largest absolute Gasteiger partial charge is 0.395 e. The third-order valence-electron chi connectivity index (χ3n) is 4.29. The van der Waals surface area contributed by atoms with Gasteiger partial charge in [-0.15, -0.1) is 5.10 Å². The maximum atomic E-state index is 12.7. The minimum atomic E-state index is -0.444. The van der Waals surface area contributed by atoms with Crippen molar-refractivity contribution in [2.45, 2.75) is 13.5 Å². The molecule has 1 aromatic heterocycles. The number of nitrogens with one attached hydrogen (secondary N) is 2. The number of anilines is 1. The first-order valence-corrected chi connectivity index (χ1v) is 9.79. The average Bonchev–Trinajstić information content (AvgIpc) is 3.09. The molecule has 0 aliphatic carbocycles. The Morgan fingerprint density at radius 2 is 1.90 bits per heavy atom. The van der Waals surface area contributed by atoms with Crippen LogP contribution >= 0.6 is 23.2 Å². The number of nitrogens with zero attached hydrogens (tertiary/aromatic N) is 3. The van der Waals surface area contributed by atoms with Crippen molar-refractivity contribution in [2.24, 2.45) is 0 Å². The smallest absolute Gasteiger partial charge is 0.278 e. The second kappa shape index (κ2) is 9.71. The predicted molar refractivity (Wildman–Crippen MR) is 114 cm³/mol. The van der Waals surface area contributed by atoms with Crippen molar-refractivity contribution in [1.29, 1.82) is 0 Å². The van der Waals surface area contributed by atoms with Gasteiger partial charge >= 0.3 is 0 Å². The molecule has 0 atom stereocenters. The number of amides is 2. The summed E-state index contributed by atoms with van der Waals surface area (Å²) in [6.07, 6.45) is 0. The summed E-state index contributed by atoms with van der Waals surface area (Å²) < 4.78 is 1.59. The lowest BCUT2D eigenvalue weighted by atomic mass is 10.2. The molecule has 0 saturated heterocycles. The Labute approximate surface area is 182 Å². The van der Waals surface area contributed by atoms with E-state index in [0.29, 0.717) is 33.5 Å². The fraction of sp³-hybridized carbons (Fsp3) is 0.200. The summed E-state index contributed by atoms with van der Waals surface area (Å²) >= 11 is 12.0. The Kier molecular flexibility index (Phi) is 7.04. The van der Waals surface area contributed by atoms with Crippen LogP contribution in [0.5, 0.6) is 0 Å². The van der Waals surface area contributed by atoms with Crippen LogP contribution in [-0.2, 0) is 6.54 Å². The van der Waals surface area contributed by atoms with Gasteiger partial charge < -0.3 is 15.7 Å². The van der Waals surface area contributed by atoms with Gasteiger partial charge in [0.1, 0.15) is 0 Å². The lowest BCUT2D eigenvalue weighted by Crippen LogP contribution is -2.26. The van der Waals surface area contributed by atoms with Crippen molar-refractivity contribution < 1.29 is 14.7 Å². The van der Waals surface area contributed by atoms with Crippen molar-refractivity contribution in [3.63, 3.8) is 0 Å². The molecule has 0 aliphatic rings. The van der Waals surface area contributed by atoms with E-state index in [4.69, 9.17) is 28.3 Å². The van der Waals surface area contributed by atoms with E-state index in [1.54, 1.807) is 48.0 Å². The second-order valence-corrected chi connectivity index (χ2v) is 7.26. The quantitative estimate of drug-likeness (QED) is 0.515. The van der Waals surface area contributed by atoms with E-state index in [1.165, 1.54) is 0 Å². The molecule has 0 unspecified atom stereocenters. The second-order valence-electron chi connectivity index (χ2n) is 6.44. The van der Waals surface area contributed by atoms with E-state index in [9.17, 15) is 9.59 Å². The third-order valence-corrected chi connectivity index (χ3v) is 5.03. The molecule has 2 aromatic carbocycles. The first-order valence-electron chi connectivity index (χ1n) is 9.03. The number of hydrogen-bond acceptors (Lipinski definition) is 5. The van der Waals surface area contributed by atoms with Gasteiger partial charge in [0.15, 0.2) is 5.69 Å². The molecule has 0 spiro atoms. The van der Waals surface area contributed by atoms with E-state index >= 15 is 0 Å². The molecule has 8 nitrogen and oxygen atoms in total. The van der Waals surface area contributed by atoms with Crippen LogP contribution in [0.2, 0.25) is 10.0 Å². The molecule has 3 aromatic rings. The van der Waals surface area contributed by atoms with E-state index in [1.807, 2.05) is 6.07 Å². The summed E-state index contributed by atoms with van der Waals surface area (Å²) in [4.78, 5) is 24.7. The van der Waals surface area contributed by atoms with Crippen molar-refractivity contribution in [3.05, 3.63) is 75.0 Å². The highest BCUT2D eigenvalue weighted by molar-refractivity contribution is 6.42. The molecular formula is C20H19Cl2N5O3. The van der Waals surface area contributed by atoms with Crippen molar-refractivity contribution in [3.8, 4) is 0 Å². The van der Waals surface area contributed by atoms with Crippen LogP contribution in [0.15, 0.2) is 42.5 Å². The van der Waals surface area contributed by atoms with Crippen LogP contribution in [0.25, 0.3) is 0 Å². The first kappa shape index (κ1) is 21.8. The molecule has 2 amide bonds. The van der Waals surface area contributed by atoms with Crippen LogP contribution in [0.3, 0.4) is 0 Å². The predicted octanol–water partition coefficient (Wildman–Crippen LogP) is 2.92.